The lowest BCUT2D eigenvalue weighted by molar-refractivity contribution is -0.176. The highest BCUT2D eigenvalue weighted by atomic mass is 16.5. The van der Waals surface area contributed by atoms with E-state index in [2.05, 4.69) is 20.8 Å². The summed E-state index contributed by atoms with van der Waals surface area (Å²) in [6.45, 7) is 8.34. The topological polar surface area (TPSA) is 83.8 Å². The van der Waals surface area contributed by atoms with Crippen molar-refractivity contribution in [2.24, 2.45) is 29.1 Å². The molecule has 4 rings (SSSR count). The highest BCUT2D eigenvalue weighted by molar-refractivity contribution is 6.04. The molecular formula is C32H50O5. The Kier molecular flexibility index (Phi) is 8.75. The zero-order valence-electron chi connectivity index (χ0n) is 23.6. The molecule has 0 aromatic rings. The van der Waals surface area contributed by atoms with Gasteiger partial charge < -0.3 is 14.9 Å². The number of fused-ring (bicyclic) bond motifs is 5. The second-order valence-corrected chi connectivity index (χ2v) is 13.1. The number of carbonyl (C=O) groups excluding carboxylic acids is 2. The van der Waals surface area contributed by atoms with Gasteiger partial charge in [-0.25, -0.2) is 0 Å². The Morgan fingerprint density at radius 2 is 1.57 bits per heavy atom. The fourth-order valence-electron chi connectivity index (χ4n) is 8.03. The molecule has 5 heteroatoms. The van der Waals surface area contributed by atoms with Crippen molar-refractivity contribution in [1.29, 1.82) is 0 Å². The molecule has 0 bridgehead atoms. The van der Waals surface area contributed by atoms with E-state index in [9.17, 15) is 19.8 Å². The first-order valence-corrected chi connectivity index (χ1v) is 15.1. The minimum Gasteiger partial charge on any atom is -0.462 e. The monoisotopic (exact) mass is 514 g/mol. The highest BCUT2D eigenvalue weighted by Gasteiger charge is 2.74. The molecule has 4 aliphatic rings. The van der Waals surface area contributed by atoms with Crippen LogP contribution >= 0.6 is 0 Å². The number of ketones is 1. The molecule has 0 aromatic heterocycles. The average Bonchev–Trinajstić information content (AvgIpc) is 3.37. The Hall–Kier alpha value is -1.46. The van der Waals surface area contributed by atoms with Gasteiger partial charge in [0.05, 0.1) is 5.60 Å². The molecule has 0 unspecified atom stereocenters. The summed E-state index contributed by atoms with van der Waals surface area (Å²) in [5.74, 6) is -0.969. The maximum absolute atomic E-state index is 12.8. The summed E-state index contributed by atoms with van der Waals surface area (Å²) in [4.78, 5) is 25.7. The molecular weight excluding hydrogens is 464 g/mol. The van der Waals surface area contributed by atoms with Gasteiger partial charge in [-0.1, -0.05) is 103 Å². The highest BCUT2D eigenvalue weighted by Crippen LogP contribution is 2.71. The van der Waals surface area contributed by atoms with Gasteiger partial charge in [-0.2, -0.15) is 0 Å². The molecule has 37 heavy (non-hydrogen) atoms. The van der Waals surface area contributed by atoms with Gasteiger partial charge in [0.25, 0.3) is 0 Å². The fourth-order valence-corrected chi connectivity index (χ4v) is 8.03. The summed E-state index contributed by atoms with van der Waals surface area (Å²) >= 11 is 0. The summed E-state index contributed by atoms with van der Waals surface area (Å²) in [7, 11) is 0. The molecule has 2 N–H and O–H groups in total. The van der Waals surface area contributed by atoms with Gasteiger partial charge in [-0.15, -0.1) is 0 Å². The zero-order valence-corrected chi connectivity index (χ0v) is 23.6. The van der Waals surface area contributed by atoms with E-state index in [4.69, 9.17) is 4.74 Å². The van der Waals surface area contributed by atoms with Crippen LogP contribution in [0.25, 0.3) is 0 Å². The van der Waals surface area contributed by atoms with E-state index in [1.165, 1.54) is 51.4 Å². The lowest BCUT2D eigenvalue weighted by Crippen LogP contribution is -2.58. The molecule has 208 valence electrons. The molecule has 2 fully saturated rings. The quantitative estimate of drug-likeness (QED) is 0.167. The van der Waals surface area contributed by atoms with E-state index in [0.29, 0.717) is 12.0 Å². The molecule has 0 spiro atoms. The van der Waals surface area contributed by atoms with Crippen LogP contribution in [0.1, 0.15) is 118 Å². The predicted octanol–water partition coefficient (Wildman–Crippen LogP) is 6.46. The zero-order chi connectivity index (χ0) is 26.8. The van der Waals surface area contributed by atoms with Crippen LogP contribution < -0.4 is 0 Å². The van der Waals surface area contributed by atoms with Gasteiger partial charge in [0.15, 0.2) is 5.78 Å². The van der Waals surface area contributed by atoms with Crippen LogP contribution in [0.4, 0.5) is 0 Å². The number of unbranched alkanes of at least 4 members (excludes halogenated alkanes) is 10. The number of hydrogen-bond acceptors (Lipinski definition) is 5. The third kappa shape index (κ3) is 5.50. The first-order chi connectivity index (χ1) is 17.6. The summed E-state index contributed by atoms with van der Waals surface area (Å²) in [5.41, 5.74) is -2.48. The molecule has 4 aliphatic carbocycles. The lowest BCUT2D eigenvalue weighted by Gasteiger charge is -2.47. The number of hydrogen-bond donors (Lipinski definition) is 2. The predicted molar refractivity (Wildman–Crippen MR) is 146 cm³/mol. The molecule has 0 amide bonds. The normalized spacial score (nSPS) is 37.3. The molecule has 0 aliphatic heterocycles. The largest absolute Gasteiger partial charge is 0.462 e. The Labute approximate surface area is 224 Å². The van der Waals surface area contributed by atoms with E-state index in [-0.39, 0.29) is 53.9 Å². The number of rotatable bonds is 13. The van der Waals surface area contributed by atoms with E-state index in [0.717, 1.165) is 19.3 Å². The molecule has 7 atom stereocenters. The van der Waals surface area contributed by atoms with Crippen molar-refractivity contribution in [2.75, 3.05) is 0 Å². The van der Waals surface area contributed by atoms with Crippen LogP contribution in [-0.4, -0.2) is 39.3 Å². The SMILES string of the molecule is CCCCCCCCCCCCCC(=O)O[C@@H]1C[C@@]2(O)[C@@H](C=CC[C@]3(O)C(=O)C(C)=C[C@@H]23)[C@H]2[C@@H]1C2(C)C. The van der Waals surface area contributed by atoms with E-state index < -0.39 is 17.1 Å². The van der Waals surface area contributed by atoms with Gasteiger partial charge >= 0.3 is 5.97 Å². The number of ether oxygens (including phenoxy) is 1. The van der Waals surface area contributed by atoms with Gasteiger partial charge in [0.1, 0.15) is 11.7 Å². The summed E-state index contributed by atoms with van der Waals surface area (Å²) in [6.07, 6.45) is 19.8. The maximum atomic E-state index is 12.8. The second kappa shape index (κ2) is 11.3. The summed E-state index contributed by atoms with van der Waals surface area (Å²) in [6, 6.07) is 0. The number of carbonyl (C=O) groups is 2. The summed E-state index contributed by atoms with van der Waals surface area (Å²) < 4.78 is 6.05. The molecule has 2 saturated carbocycles. The smallest absolute Gasteiger partial charge is 0.306 e. The van der Waals surface area contributed by atoms with Crippen LogP contribution in [0.3, 0.4) is 0 Å². The Morgan fingerprint density at radius 3 is 2.19 bits per heavy atom. The van der Waals surface area contributed by atoms with E-state index in [1.54, 1.807) is 13.0 Å². The van der Waals surface area contributed by atoms with E-state index in [1.807, 2.05) is 12.2 Å². The fraction of sp³-hybridized carbons (Fsp3) is 0.812. The number of Topliss-reactive ketones (excluding diaryl/α,β-unsaturated/α-hetero) is 1. The van der Waals surface area contributed by atoms with Crippen LogP contribution in [0.5, 0.6) is 0 Å². The van der Waals surface area contributed by atoms with Crippen molar-refractivity contribution < 1.29 is 24.5 Å². The lowest BCUT2D eigenvalue weighted by atomic mass is 9.64. The van der Waals surface area contributed by atoms with Crippen molar-refractivity contribution in [3.8, 4) is 0 Å². The maximum Gasteiger partial charge on any atom is 0.306 e. The van der Waals surface area contributed by atoms with Crippen LogP contribution in [0.2, 0.25) is 0 Å². The van der Waals surface area contributed by atoms with Crippen molar-refractivity contribution >= 4 is 11.8 Å². The van der Waals surface area contributed by atoms with Crippen LogP contribution in [-0.2, 0) is 14.3 Å². The van der Waals surface area contributed by atoms with Gasteiger partial charge in [0, 0.05) is 37.0 Å². The third-order valence-corrected chi connectivity index (χ3v) is 10.1. The first-order valence-electron chi connectivity index (χ1n) is 15.1. The molecule has 0 saturated heterocycles. The van der Waals surface area contributed by atoms with E-state index >= 15 is 0 Å². The Balaban J connectivity index is 1.28. The number of esters is 1. The molecule has 0 radical (unpaired) electrons. The van der Waals surface area contributed by atoms with Crippen molar-refractivity contribution in [1.82, 2.24) is 0 Å². The molecule has 0 aromatic carbocycles. The Bertz CT molecular complexity index is 903. The summed E-state index contributed by atoms with van der Waals surface area (Å²) in [5, 5.41) is 23.5. The standard InChI is InChI=1S/C32H50O5/c1-5-6-7-8-9-10-11-12-13-14-15-18-26(33)37-24-21-32(36)23(27-28(24)30(27,3)4)17-16-19-31(35)25(32)20-22(2)29(31)34/h16-17,20,23-25,27-28,35-36H,5-15,18-19,21H2,1-4H3/t23-,24+,25+,27-,28+,31+,32+/m0/s1. The van der Waals surface area contributed by atoms with Crippen molar-refractivity contribution in [2.45, 2.75) is 135 Å². The average molecular weight is 515 g/mol. The first kappa shape index (κ1) is 28.5. The third-order valence-electron chi connectivity index (χ3n) is 10.1. The molecule has 5 nitrogen and oxygen atoms in total. The Morgan fingerprint density at radius 1 is 0.973 bits per heavy atom. The van der Waals surface area contributed by atoms with Crippen LogP contribution in [0, 0.1) is 29.1 Å². The molecule has 0 heterocycles. The minimum absolute atomic E-state index is 0.0647. The second-order valence-electron chi connectivity index (χ2n) is 13.1. The van der Waals surface area contributed by atoms with Gasteiger partial charge in [-0.3, -0.25) is 9.59 Å². The minimum atomic E-state index is -1.61. The van der Waals surface area contributed by atoms with Gasteiger partial charge in [0.2, 0.25) is 0 Å². The van der Waals surface area contributed by atoms with Crippen molar-refractivity contribution in [3.05, 3.63) is 23.8 Å². The van der Waals surface area contributed by atoms with Gasteiger partial charge in [-0.05, 0) is 30.3 Å². The number of aliphatic hydroxyl groups is 2. The van der Waals surface area contributed by atoms with Crippen molar-refractivity contribution in [3.63, 3.8) is 0 Å². The van der Waals surface area contributed by atoms with Crippen LogP contribution in [0.15, 0.2) is 23.8 Å².